The van der Waals surface area contributed by atoms with Crippen molar-refractivity contribution in [3.05, 3.63) is 35.0 Å². The third-order valence-electron chi connectivity index (χ3n) is 1.55. The Balaban J connectivity index is 2.57. The highest BCUT2D eigenvalue weighted by molar-refractivity contribution is 9.10. The van der Waals surface area contributed by atoms with Crippen LogP contribution in [0.2, 0.25) is 0 Å². The fourth-order valence-electron chi connectivity index (χ4n) is 0.994. The fraction of sp³-hybridized carbons (Fsp3) is 0. The molecular weight excluding hydrogens is 246 g/mol. The zero-order valence-electron chi connectivity index (χ0n) is 6.92. The SMILES string of the molecule is N#Cc1nccnc1-n1cc(Br)cn1. The van der Waals surface area contributed by atoms with Gasteiger partial charge < -0.3 is 0 Å². The van der Waals surface area contributed by atoms with Gasteiger partial charge in [0.1, 0.15) is 6.07 Å². The molecule has 0 amide bonds. The normalized spacial score (nSPS) is 9.71. The molecule has 0 spiro atoms. The van der Waals surface area contributed by atoms with Crippen LogP contribution in [0.15, 0.2) is 29.3 Å². The molecule has 0 aromatic carbocycles. The van der Waals surface area contributed by atoms with E-state index in [2.05, 4.69) is 31.0 Å². The molecule has 68 valence electrons. The van der Waals surface area contributed by atoms with Crippen molar-refractivity contribution in [1.29, 1.82) is 5.26 Å². The predicted octanol–water partition coefficient (Wildman–Crippen LogP) is 1.30. The minimum absolute atomic E-state index is 0.253. The first-order valence-electron chi connectivity index (χ1n) is 3.73. The third-order valence-corrected chi connectivity index (χ3v) is 1.96. The molecule has 0 bridgehead atoms. The molecule has 2 heterocycles. The molecule has 0 fully saturated rings. The monoisotopic (exact) mass is 249 g/mol. The lowest BCUT2D eigenvalue weighted by atomic mass is 10.4. The van der Waals surface area contributed by atoms with E-state index in [1.54, 1.807) is 12.4 Å². The molecule has 5 nitrogen and oxygen atoms in total. The Kier molecular flexibility index (Phi) is 2.24. The molecule has 0 unspecified atom stereocenters. The summed E-state index contributed by atoms with van der Waals surface area (Å²) in [6, 6.07) is 1.95. The number of nitrogens with zero attached hydrogens (tertiary/aromatic N) is 5. The summed E-state index contributed by atoms with van der Waals surface area (Å²) in [5.41, 5.74) is 0.253. The molecule has 2 aromatic heterocycles. The van der Waals surface area contributed by atoms with Gasteiger partial charge in [-0.3, -0.25) is 0 Å². The van der Waals surface area contributed by atoms with E-state index in [9.17, 15) is 0 Å². The Morgan fingerprint density at radius 1 is 1.36 bits per heavy atom. The van der Waals surface area contributed by atoms with E-state index in [-0.39, 0.29) is 5.69 Å². The second-order valence-corrected chi connectivity index (χ2v) is 3.36. The summed E-state index contributed by atoms with van der Waals surface area (Å²) < 4.78 is 2.32. The lowest BCUT2D eigenvalue weighted by Gasteiger charge is -1.99. The highest BCUT2D eigenvalue weighted by Crippen LogP contribution is 2.11. The summed E-state index contributed by atoms with van der Waals surface area (Å²) in [4.78, 5) is 7.91. The van der Waals surface area contributed by atoms with Crippen molar-refractivity contribution in [2.24, 2.45) is 0 Å². The van der Waals surface area contributed by atoms with Crippen LogP contribution < -0.4 is 0 Å². The van der Waals surface area contributed by atoms with Gasteiger partial charge in [-0.1, -0.05) is 0 Å². The lowest BCUT2D eigenvalue weighted by Crippen LogP contribution is -2.02. The van der Waals surface area contributed by atoms with E-state index in [1.165, 1.54) is 17.1 Å². The van der Waals surface area contributed by atoms with Crippen LogP contribution in [-0.2, 0) is 0 Å². The van der Waals surface area contributed by atoms with Crippen molar-refractivity contribution in [2.75, 3.05) is 0 Å². The molecule has 2 aromatic rings. The van der Waals surface area contributed by atoms with Gasteiger partial charge in [-0.2, -0.15) is 10.4 Å². The maximum absolute atomic E-state index is 8.78. The third kappa shape index (κ3) is 1.49. The van der Waals surface area contributed by atoms with E-state index < -0.39 is 0 Å². The largest absolute Gasteiger partial charge is 0.240 e. The van der Waals surface area contributed by atoms with Crippen molar-refractivity contribution in [3.8, 4) is 11.9 Å². The molecular formula is C8H4BrN5. The predicted molar refractivity (Wildman–Crippen MR) is 51.6 cm³/mol. The van der Waals surface area contributed by atoms with Crippen molar-refractivity contribution in [1.82, 2.24) is 19.7 Å². The minimum atomic E-state index is 0.253. The van der Waals surface area contributed by atoms with Gasteiger partial charge in [0.2, 0.25) is 0 Å². The molecule has 0 radical (unpaired) electrons. The number of hydrogen-bond acceptors (Lipinski definition) is 4. The maximum Gasteiger partial charge on any atom is 0.190 e. The average Bonchev–Trinajstić information content (AvgIpc) is 2.65. The molecule has 6 heteroatoms. The van der Waals surface area contributed by atoms with Gasteiger partial charge in [-0.25, -0.2) is 14.6 Å². The first-order chi connectivity index (χ1) is 6.81. The Labute approximate surface area is 88.2 Å². The smallest absolute Gasteiger partial charge is 0.190 e. The molecule has 0 N–H and O–H groups in total. The van der Waals surface area contributed by atoms with E-state index >= 15 is 0 Å². The van der Waals surface area contributed by atoms with Crippen molar-refractivity contribution in [3.63, 3.8) is 0 Å². The van der Waals surface area contributed by atoms with Crippen LogP contribution in [0.4, 0.5) is 0 Å². The van der Waals surface area contributed by atoms with Gasteiger partial charge in [0, 0.05) is 18.6 Å². The van der Waals surface area contributed by atoms with E-state index in [1.807, 2.05) is 6.07 Å². The summed E-state index contributed by atoms with van der Waals surface area (Å²) in [5, 5.41) is 12.8. The summed E-state index contributed by atoms with van der Waals surface area (Å²) in [7, 11) is 0. The van der Waals surface area contributed by atoms with Crippen LogP contribution in [-0.4, -0.2) is 19.7 Å². The van der Waals surface area contributed by atoms with Crippen LogP contribution in [0.1, 0.15) is 5.69 Å². The molecule has 0 aliphatic heterocycles. The molecule has 14 heavy (non-hydrogen) atoms. The minimum Gasteiger partial charge on any atom is -0.240 e. The van der Waals surface area contributed by atoms with E-state index in [0.717, 1.165) is 4.47 Å². The molecule has 0 saturated carbocycles. The van der Waals surface area contributed by atoms with E-state index in [4.69, 9.17) is 5.26 Å². The number of rotatable bonds is 1. The molecule has 0 aliphatic carbocycles. The van der Waals surface area contributed by atoms with Crippen LogP contribution in [0.25, 0.3) is 5.82 Å². The number of hydrogen-bond donors (Lipinski definition) is 0. The van der Waals surface area contributed by atoms with Crippen LogP contribution in [0.3, 0.4) is 0 Å². The van der Waals surface area contributed by atoms with Gasteiger partial charge in [0.05, 0.1) is 10.7 Å². The molecule has 0 aliphatic rings. The first-order valence-corrected chi connectivity index (χ1v) is 4.52. The molecule has 0 saturated heterocycles. The second kappa shape index (κ2) is 3.55. The van der Waals surface area contributed by atoms with Crippen LogP contribution in [0.5, 0.6) is 0 Å². The van der Waals surface area contributed by atoms with Crippen molar-refractivity contribution >= 4 is 15.9 Å². The maximum atomic E-state index is 8.78. The fourth-order valence-corrected chi connectivity index (χ4v) is 1.28. The zero-order valence-corrected chi connectivity index (χ0v) is 8.51. The quantitative estimate of drug-likeness (QED) is 0.764. The Bertz CT molecular complexity index is 498. The van der Waals surface area contributed by atoms with Gasteiger partial charge in [-0.05, 0) is 15.9 Å². The number of nitriles is 1. The van der Waals surface area contributed by atoms with Gasteiger partial charge in [0.15, 0.2) is 11.5 Å². The van der Waals surface area contributed by atoms with Crippen molar-refractivity contribution in [2.45, 2.75) is 0 Å². The Hall–Kier alpha value is -1.74. The van der Waals surface area contributed by atoms with Gasteiger partial charge in [-0.15, -0.1) is 0 Å². The summed E-state index contributed by atoms with van der Waals surface area (Å²) in [6.45, 7) is 0. The summed E-state index contributed by atoms with van der Waals surface area (Å²) >= 11 is 3.26. The first kappa shape index (κ1) is 8.84. The number of aromatic nitrogens is 4. The van der Waals surface area contributed by atoms with Gasteiger partial charge >= 0.3 is 0 Å². The van der Waals surface area contributed by atoms with Crippen LogP contribution in [0, 0.1) is 11.3 Å². The van der Waals surface area contributed by atoms with Crippen LogP contribution >= 0.6 is 15.9 Å². The van der Waals surface area contributed by atoms with Gasteiger partial charge in [0.25, 0.3) is 0 Å². The van der Waals surface area contributed by atoms with Crippen molar-refractivity contribution < 1.29 is 0 Å². The second-order valence-electron chi connectivity index (χ2n) is 2.44. The standard InChI is InChI=1S/C8H4BrN5/c9-6-4-13-14(5-6)8-7(3-10)11-1-2-12-8/h1-2,4-5H. The highest BCUT2D eigenvalue weighted by Gasteiger charge is 2.06. The van der Waals surface area contributed by atoms with E-state index in [0.29, 0.717) is 5.82 Å². The Morgan fingerprint density at radius 2 is 2.14 bits per heavy atom. The highest BCUT2D eigenvalue weighted by atomic mass is 79.9. The average molecular weight is 250 g/mol. The molecule has 2 rings (SSSR count). The zero-order chi connectivity index (χ0) is 9.97. The molecule has 0 atom stereocenters. The summed E-state index contributed by atoms with van der Waals surface area (Å²) in [5.74, 6) is 0.431. The topological polar surface area (TPSA) is 67.4 Å². The summed E-state index contributed by atoms with van der Waals surface area (Å²) in [6.07, 6.45) is 6.33. The number of halogens is 1. The Morgan fingerprint density at radius 3 is 2.79 bits per heavy atom. The lowest BCUT2D eigenvalue weighted by molar-refractivity contribution is 0.832.